The van der Waals surface area contributed by atoms with E-state index < -0.39 is 0 Å². The summed E-state index contributed by atoms with van der Waals surface area (Å²) in [5, 5.41) is 3.13. The van der Waals surface area contributed by atoms with Crippen molar-refractivity contribution in [2.24, 2.45) is 10.7 Å². The Hall–Kier alpha value is -3.09. The van der Waals surface area contributed by atoms with Gasteiger partial charge in [-0.2, -0.15) is 0 Å². The van der Waals surface area contributed by atoms with Crippen molar-refractivity contribution in [3.8, 4) is 23.0 Å². The number of nitrogens with two attached hydrogens (primary N) is 1. The Kier molecular flexibility index (Phi) is 6.25. The second kappa shape index (κ2) is 9.02. The number of guanidine groups is 1. The quantitative estimate of drug-likeness (QED) is 0.599. The standard InChI is InChI=1S/C20H25N3O4/c1-24-16-8-7-14(11-18(16)25-2)12-22-20(21)23-13-15-5-3-6-17-19(15)27-10-4-9-26-17/h3,5-8,11H,4,9-10,12-13H2,1-2H3,(H3,21,22,23). The molecular formula is C20H25N3O4. The highest BCUT2D eigenvalue weighted by molar-refractivity contribution is 5.78. The molecule has 7 nitrogen and oxygen atoms in total. The average Bonchev–Trinajstić information content (AvgIpc) is 2.96. The molecular weight excluding hydrogens is 346 g/mol. The van der Waals surface area contributed by atoms with Crippen molar-refractivity contribution < 1.29 is 18.9 Å². The van der Waals surface area contributed by atoms with E-state index in [1.165, 1.54) is 0 Å². The van der Waals surface area contributed by atoms with E-state index in [2.05, 4.69) is 10.3 Å². The number of nitrogens with zero attached hydrogens (tertiary/aromatic N) is 1. The van der Waals surface area contributed by atoms with Gasteiger partial charge in [0.2, 0.25) is 0 Å². The van der Waals surface area contributed by atoms with Crippen LogP contribution in [0.4, 0.5) is 0 Å². The topological polar surface area (TPSA) is 87.3 Å². The van der Waals surface area contributed by atoms with E-state index in [0.717, 1.165) is 29.0 Å². The maximum atomic E-state index is 6.01. The van der Waals surface area contributed by atoms with Gasteiger partial charge in [0.15, 0.2) is 29.0 Å². The van der Waals surface area contributed by atoms with Gasteiger partial charge in [0.25, 0.3) is 0 Å². The maximum absolute atomic E-state index is 6.01. The van der Waals surface area contributed by atoms with Crippen molar-refractivity contribution in [3.63, 3.8) is 0 Å². The molecule has 2 aromatic rings. The molecule has 144 valence electrons. The minimum absolute atomic E-state index is 0.358. The molecule has 3 N–H and O–H groups in total. The number of aliphatic imine (C=N–C) groups is 1. The van der Waals surface area contributed by atoms with E-state index in [1.807, 2.05) is 36.4 Å². The molecule has 0 saturated carbocycles. The number of para-hydroxylation sites is 1. The number of methoxy groups -OCH3 is 2. The highest BCUT2D eigenvalue weighted by Gasteiger charge is 2.14. The van der Waals surface area contributed by atoms with Gasteiger partial charge >= 0.3 is 0 Å². The minimum atomic E-state index is 0.358. The van der Waals surface area contributed by atoms with E-state index in [9.17, 15) is 0 Å². The second-order valence-electron chi connectivity index (χ2n) is 6.04. The Labute approximate surface area is 159 Å². The summed E-state index contributed by atoms with van der Waals surface area (Å²) in [6.07, 6.45) is 0.871. The normalized spacial score (nSPS) is 13.6. The van der Waals surface area contributed by atoms with Gasteiger partial charge in [-0.3, -0.25) is 0 Å². The number of rotatable bonds is 6. The third-order valence-electron chi connectivity index (χ3n) is 4.19. The van der Waals surface area contributed by atoms with Gasteiger partial charge in [-0.05, 0) is 23.8 Å². The lowest BCUT2D eigenvalue weighted by molar-refractivity contribution is 0.296. The first-order chi connectivity index (χ1) is 13.2. The first-order valence-electron chi connectivity index (χ1n) is 8.83. The zero-order valence-corrected chi connectivity index (χ0v) is 15.7. The Morgan fingerprint density at radius 3 is 2.74 bits per heavy atom. The summed E-state index contributed by atoms with van der Waals surface area (Å²) >= 11 is 0. The summed E-state index contributed by atoms with van der Waals surface area (Å²) < 4.78 is 22.1. The number of ether oxygens (including phenoxy) is 4. The van der Waals surface area contributed by atoms with Gasteiger partial charge in [-0.25, -0.2) is 4.99 Å². The fourth-order valence-corrected chi connectivity index (χ4v) is 2.79. The Balaban J connectivity index is 1.62. The molecule has 2 aromatic carbocycles. The number of fused-ring (bicyclic) bond motifs is 1. The molecule has 0 amide bonds. The summed E-state index contributed by atoms with van der Waals surface area (Å²) in [6, 6.07) is 11.5. The minimum Gasteiger partial charge on any atom is -0.493 e. The smallest absolute Gasteiger partial charge is 0.189 e. The number of hydrogen-bond acceptors (Lipinski definition) is 5. The molecule has 0 saturated heterocycles. The molecule has 1 aliphatic heterocycles. The van der Waals surface area contributed by atoms with E-state index in [1.54, 1.807) is 14.2 Å². The van der Waals surface area contributed by atoms with Crippen LogP contribution in [0.2, 0.25) is 0 Å². The van der Waals surface area contributed by atoms with Crippen molar-refractivity contribution >= 4 is 5.96 Å². The monoisotopic (exact) mass is 371 g/mol. The van der Waals surface area contributed by atoms with Gasteiger partial charge < -0.3 is 30.0 Å². The Bertz CT molecular complexity index is 808. The van der Waals surface area contributed by atoms with Crippen molar-refractivity contribution in [2.45, 2.75) is 19.5 Å². The van der Waals surface area contributed by atoms with E-state index in [0.29, 0.717) is 43.8 Å². The molecule has 0 unspecified atom stereocenters. The lowest BCUT2D eigenvalue weighted by Crippen LogP contribution is -2.31. The van der Waals surface area contributed by atoms with E-state index in [4.69, 9.17) is 24.7 Å². The van der Waals surface area contributed by atoms with Crippen LogP contribution in [-0.4, -0.2) is 33.4 Å². The van der Waals surface area contributed by atoms with Gasteiger partial charge in [-0.1, -0.05) is 18.2 Å². The van der Waals surface area contributed by atoms with Crippen LogP contribution >= 0.6 is 0 Å². The fourth-order valence-electron chi connectivity index (χ4n) is 2.79. The predicted octanol–water partition coefficient (Wildman–Crippen LogP) is 2.47. The molecule has 0 aliphatic carbocycles. The third-order valence-corrected chi connectivity index (χ3v) is 4.19. The van der Waals surface area contributed by atoms with Gasteiger partial charge in [0, 0.05) is 18.5 Å². The van der Waals surface area contributed by atoms with Crippen LogP contribution in [0.25, 0.3) is 0 Å². The largest absolute Gasteiger partial charge is 0.493 e. The van der Waals surface area contributed by atoms with Crippen molar-refractivity contribution in [1.29, 1.82) is 0 Å². The Morgan fingerprint density at radius 1 is 1.11 bits per heavy atom. The molecule has 27 heavy (non-hydrogen) atoms. The van der Waals surface area contributed by atoms with Crippen molar-refractivity contribution in [2.75, 3.05) is 27.4 Å². The molecule has 0 aromatic heterocycles. The van der Waals surface area contributed by atoms with Gasteiger partial charge in [0.1, 0.15) is 0 Å². The maximum Gasteiger partial charge on any atom is 0.189 e. The lowest BCUT2D eigenvalue weighted by Gasteiger charge is -2.13. The highest BCUT2D eigenvalue weighted by Crippen LogP contribution is 2.33. The molecule has 0 bridgehead atoms. The molecule has 0 atom stereocenters. The van der Waals surface area contributed by atoms with Crippen LogP contribution in [-0.2, 0) is 13.1 Å². The third kappa shape index (κ3) is 4.75. The predicted molar refractivity (Wildman–Crippen MR) is 104 cm³/mol. The second-order valence-corrected chi connectivity index (χ2v) is 6.04. The first-order valence-corrected chi connectivity index (χ1v) is 8.83. The average molecular weight is 371 g/mol. The summed E-state index contributed by atoms with van der Waals surface area (Å²) in [5.41, 5.74) is 7.97. The molecule has 7 heteroatoms. The Morgan fingerprint density at radius 2 is 1.93 bits per heavy atom. The van der Waals surface area contributed by atoms with Gasteiger partial charge in [0.05, 0.1) is 34.0 Å². The molecule has 1 aliphatic rings. The van der Waals surface area contributed by atoms with Crippen LogP contribution in [0.3, 0.4) is 0 Å². The molecule has 1 heterocycles. The number of benzene rings is 2. The fraction of sp³-hybridized carbons (Fsp3) is 0.350. The molecule has 0 spiro atoms. The van der Waals surface area contributed by atoms with Crippen LogP contribution < -0.4 is 30.0 Å². The summed E-state index contributed by atoms with van der Waals surface area (Å²) in [4.78, 5) is 4.39. The molecule has 0 radical (unpaired) electrons. The lowest BCUT2D eigenvalue weighted by atomic mass is 10.2. The van der Waals surface area contributed by atoms with Crippen LogP contribution in [0.5, 0.6) is 23.0 Å². The zero-order valence-electron chi connectivity index (χ0n) is 15.7. The summed E-state index contributed by atoms with van der Waals surface area (Å²) in [7, 11) is 3.21. The van der Waals surface area contributed by atoms with Crippen LogP contribution in [0, 0.1) is 0 Å². The molecule has 0 fully saturated rings. The van der Waals surface area contributed by atoms with Crippen molar-refractivity contribution in [3.05, 3.63) is 47.5 Å². The number of nitrogens with one attached hydrogen (secondary N) is 1. The van der Waals surface area contributed by atoms with E-state index >= 15 is 0 Å². The van der Waals surface area contributed by atoms with Gasteiger partial charge in [-0.15, -0.1) is 0 Å². The summed E-state index contributed by atoms with van der Waals surface area (Å²) in [5.74, 6) is 3.25. The van der Waals surface area contributed by atoms with E-state index in [-0.39, 0.29) is 0 Å². The zero-order chi connectivity index (χ0) is 19.1. The van der Waals surface area contributed by atoms with Crippen LogP contribution in [0.15, 0.2) is 41.4 Å². The van der Waals surface area contributed by atoms with Crippen LogP contribution in [0.1, 0.15) is 17.5 Å². The SMILES string of the molecule is COc1ccc(CN=C(N)NCc2cccc3c2OCCCO3)cc1OC. The number of hydrogen-bond donors (Lipinski definition) is 2. The first kappa shape index (κ1) is 18.7. The van der Waals surface area contributed by atoms with Crippen molar-refractivity contribution in [1.82, 2.24) is 5.32 Å². The summed E-state index contributed by atoms with van der Waals surface area (Å²) in [6.45, 7) is 2.26. The highest BCUT2D eigenvalue weighted by atomic mass is 16.5. The molecule has 3 rings (SSSR count).